The zero-order valence-corrected chi connectivity index (χ0v) is 26.7. The molecule has 42 heavy (non-hydrogen) atoms. The second-order valence-electron chi connectivity index (χ2n) is 16.2. The zero-order chi connectivity index (χ0) is 30.5. The van der Waals surface area contributed by atoms with Gasteiger partial charge in [0.1, 0.15) is 6.10 Å². The van der Waals surface area contributed by atoms with Crippen LogP contribution in [0.4, 0.5) is 0 Å². The van der Waals surface area contributed by atoms with Crippen molar-refractivity contribution in [1.29, 1.82) is 0 Å². The topological polar surface area (TPSA) is 80.7 Å². The fraction of sp³-hybridized carbons (Fsp3) is 0.703. The van der Waals surface area contributed by atoms with Gasteiger partial charge in [0.05, 0.1) is 11.0 Å². The zero-order valence-electron chi connectivity index (χ0n) is 26.7. The summed E-state index contributed by atoms with van der Waals surface area (Å²) in [5.41, 5.74) is 0.00900. The van der Waals surface area contributed by atoms with E-state index < -0.39 is 11.4 Å². The lowest BCUT2D eigenvalue weighted by molar-refractivity contribution is -0.205. The summed E-state index contributed by atoms with van der Waals surface area (Å²) in [4.78, 5) is 40.6. The molecule has 5 heteroatoms. The molecule has 5 nitrogen and oxygen atoms in total. The molecule has 0 aromatic heterocycles. The first-order valence-electron chi connectivity index (χ1n) is 16.4. The van der Waals surface area contributed by atoms with Gasteiger partial charge in [-0.05, 0) is 109 Å². The highest BCUT2D eigenvalue weighted by atomic mass is 16.5. The van der Waals surface area contributed by atoms with Crippen LogP contribution in [-0.4, -0.2) is 28.9 Å². The van der Waals surface area contributed by atoms with Crippen molar-refractivity contribution in [2.45, 2.75) is 106 Å². The molecule has 228 valence electrons. The van der Waals surface area contributed by atoms with Crippen molar-refractivity contribution in [1.82, 2.24) is 0 Å². The number of ether oxygens (including phenoxy) is 1. The molecular formula is C37H50O5. The number of ketones is 1. The molecule has 0 spiro atoms. The number of aliphatic carboxylic acids is 1. The fourth-order valence-electron chi connectivity index (χ4n) is 11.6. The summed E-state index contributed by atoms with van der Waals surface area (Å²) in [6, 6.07) is 9.22. The molecule has 1 aromatic carbocycles. The number of allylic oxidation sites excluding steroid dienone is 2. The van der Waals surface area contributed by atoms with E-state index in [9.17, 15) is 19.5 Å². The first-order chi connectivity index (χ1) is 19.6. The van der Waals surface area contributed by atoms with E-state index in [4.69, 9.17) is 4.74 Å². The van der Waals surface area contributed by atoms with Gasteiger partial charge in [0.25, 0.3) is 0 Å². The number of fused-ring (bicyclic) bond motifs is 7. The molecule has 4 saturated carbocycles. The Bertz CT molecular complexity index is 1330. The Morgan fingerprint density at radius 2 is 1.57 bits per heavy atom. The average molecular weight is 575 g/mol. The number of hydrogen-bond acceptors (Lipinski definition) is 4. The van der Waals surface area contributed by atoms with Crippen LogP contribution < -0.4 is 0 Å². The van der Waals surface area contributed by atoms with E-state index in [-0.39, 0.29) is 63.2 Å². The van der Waals surface area contributed by atoms with Crippen LogP contribution in [0.2, 0.25) is 0 Å². The summed E-state index contributed by atoms with van der Waals surface area (Å²) in [5.74, 6) is -0.0435. The SMILES string of the molecule is C[C@H]1[C@H](C)CC[C@]2(C(=O)O)CC[C@]3(C)C(=CC(=O)[C@@H]4[C@@]5(C)CCC(OC(=O)c6ccccc6)C(C)(C)[C@@H]5CC[C@]43C)[C@H]12. The number of carbonyl (C=O) groups is 3. The Kier molecular flexibility index (Phi) is 6.73. The lowest BCUT2D eigenvalue weighted by Gasteiger charge is -2.70. The third kappa shape index (κ3) is 3.76. The molecule has 1 N–H and O–H groups in total. The quantitative estimate of drug-likeness (QED) is 0.369. The number of carboxylic acid groups (broad SMARTS) is 1. The molecule has 0 saturated heterocycles. The number of hydrogen-bond donors (Lipinski definition) is 1. The highest BCUT2D eigenvalue weighted by molar-refractivity contribution is 5.96. The van der Waals surface area contributed by atoms with Crippen LogP contribution in [0.25, 0.3) is 0 Å². The fourth-order valence-corrected chi connectivity index (χ4v) is 11.6. The van der Waals surface area contributed by atoms with E-state index in [0.29, 0.717) is 24.3 Å². The van der Waals surface area contributed by atoms with E-state index >= 15 is 0 Å². The van der Waals surface area contributed by atoms with Crippen LogP contribution >= 0.6 is 0 Å². The minimum atomic E-state index is -0.759. The number of benzene rings is 1. The van der Waals surface area contributed by atoms with Crippen molar-refractivity contribution in [2.24, 2.45) is 56.7 Å². The van der Waals surface area contributed by atoms with Gasteiger partial charge in [-0.25, -0.2) is 4.79 Å². The number of esters is 1. The maximum absolute atomic E-state index is 14.6. The van der Waals surface area contributed by atoms with Crippen molar-refractivity contribution in [3.8, 4) is 0 Å². The Morgan fingerprint density at radius 1 is 0.881 bits per heavy atom. The average Bonchev–Trinajstić information content (AvgIpc) is 2.93. The van der Waals surface area contributed by atoms with Crippen molar-refractivity contribution in [2.75, 3.05) is 0 Å². The Hall–Kier alpha value is -2.43. The van der Waals surface area contributed by atoms with Gasteiger partial charge in [-0.1, -0.05) is 72.2 Å². The van der Waals surface area contributed by atoms with E-state index in [2.05, 4.69) is 48.5 Å². The molecule has 4 fully saturated rings. The highest BCUT2D eigenvalue weighted by Crippen LogP contribution is 2.75. The first-order valence-corrected chi connectivity index (χ1v) is 16.4. The number of rotatable bonds is 3. The van der Waals surface area contributed by atoms with Crippen molar-refractivity contribution in [3.63, 3.8) is 0 Å². The van der Waals surface area contributed by atoms with Gasteiger partial charge in [0.2, 0.25) is 0 Å². The maximum atomic E-state index is 14.6. The first kappa shape index (κ1) is 29.6. The predicted octanol–water partition coefficient (Wildman–Crippen LogP) is 8.13. The lowest BCUT2D eigenvalue weighted by Crippen LogP contribution is -2.67. The summed E-state index contributed by atoms with van der Waals surface area (Å²) in [6.07, 6.45) is 8.41. The normalized spacial score (nSPS) is 45.8. The van der Waals surface area contributed by atoms with Gasteiger partial charge in [-0.2, -0.15) is 0 Å². The molecule has 10 atom stereocenters. The van der Waals surface area contributed by atoms with Crippen LogP contribution in [0, 0.1) is 56.7 Å². The van der Waals surface area contributed by atoms with Gasteiger partial charge in [-0.3, -0.25) is 9.59 Å². The van der Waals surface area contributed by atoms with Gasteiger partial charge in [-0.15, -0.1) is 0 Å². The summed E-state index contributed by atoms with van der Waals surface area (Å²) in [5, 5.41) is 10.6. The molecule has 0 bridgehead atoms. The van der Waals surface area contributed by atoms with E-state index in [0.717, 1.165) is 44.1 Å². The van der Waals surface area contributed by atoms with E-state index in [1.807, 2.05) is 24.3 Å². The molecule has 5 aliphatic rings. The maximum Gasteiger partial charge on any atom is 0.338 e. The minimum Gasteiger partial charge on any atom is -0.481 e. The van der Waals surface area contributed by atoms with Crippen LogP contribution in [0.5, 0.6) is 0 Å². The monoisotopic (exact) mass is 574 g/mol. The molecule has 0 heterocycles. The summed E-state index contributed by atoms with van der Waals surface area (Å²) >= 11 is 0. The number of carboxylic acids is 1. The molecule has 0 radical (unpaired) electrons. The highest BCUT2D eigenvalue weighted by Gasteiger charge is 2.71. The predicted molar refractivity (Wildman–Crippen MR) is 163 cm³/mol. The van der Waals surface area contributed by atoms with Crippen LogP contribution in [0.1, 0.15) is 110 Å². The minimum absolute atomic E-state index is 0.0886. The van der Waals surface area contributed by atoms with Gasteiger partial charge in [0.15, 0.2) is 5.78 Å². The molecule has 0 aliphatic heterocycles. The Morgan fingerprint density at radius 3 is 2.24 bits per heavy atom. The second-order valence-corrected chi connectivity index (χ2v) is 16.2. The number of carbonyl (C=O) groups excluding carboxylic acids is 2. The molecule has 0 amide bonds. The van der Waals surface area contributed by atoms with E-state index in [1.54, 1.807) is 12.1 Å². The summed E-state index contributed by atoms with van der Waals surface area (Å²) in [7, 11) is 0. The summed E-state index contributed by atoms with van der Waals surface area (Å²) < 4.78 is 6.20. The van der Waals surface area contributed by atoms with Gasteiger partial charge in [0, 0.05) is 11.3 Å². The smallest absolute Gasteiger partial charge is 0.338 e. The third-order valence-corrected chi connectivity index (χ3v) is 14.4. The van der Waals surface area contributed by atoms with Crippen molar-refractivity contribution >= 4 is 17.7 Å². The van der Waals surface area contributed by atoms with Crippen LogP contribution in [0.3, 0.4) is 0 Å². The van der Waals surface area contributed by atoms with Gasteiger partial charge >= 0.3 is 11.9 Å². The second kappa shape index (κ2) is 9.53. The van der Waals surface area contributed by atoms with Gasteiger partial charge < -0.3 is 9.84 Å². The largest absolute Gasteiger partial charge is 0.481 e. The Labute approximate surface area is 251 Å². The molecule has 5 aliphatic carbocycles. The standard InChI is InChI=1S/C37H50O5/c1-22-13-18-37(32(40)41)20-19-35(6)25(29(37)23(22)2)21-26(38)30-34(5)16-15-28(42-31(39)24-11-9-8-10-12-24)33(3,4)27(34)14-17-36(30,35)7/h8-12,21-23,27-30H,13-20H2,1-7H3,(H,40,41)/t22-,23+,27+,28?,29+,30-,34+,35-,36-,37+/m1/s1. The lowest BCUT2D eigenvalue weighted by atomic mass is 9.33. The Balaban J connectivity index is 1.37. The summed E-state index contributed by atoms with van der Waals surface area (Å²) in [6.45, 7) is 16.0. The molecule has 1 aromatic rings. The van der Waals surface area contributed by atoms with Crippen molar-refractivity contribution < 1.29 is 24.2 Å². The molecular weight excluding hydrogens is 524 g/mol. The molecule has 1 unspecified atom stereocenters. The molecule has 6 rings (SSSR count). The van der Waals surface area contributed by atoms with Crippen molar-refractivity contribution in [3.05, 3.63) is 47.5 Å². The van der Waals surface area contributed by atoms with E-state index in [1.165, 1.54) is 0 Å². The third-order valence-electron chi connectivity index (χ3n) is 14.4. The van der Waals surface area contributed by atoms with Crippen LogP contribution in [0.15, 0.2) is 42.0 Å². The van der Waals surface area contributed by atoms with Crippen LogP contribution in [-0.2, 0) is 14.3 Å².